The van der Waals surface area contributed by atoms with Gasteiger partial charge in [-0.15, -0.1) is 0 Å². The third kappa shape index (κ3) is 2.39. The number of carbonyl (C=O) groups is 1. The van der Waals surface area contributed by atoms with Crippen molar-refractivity contribution in [2.24, 2.45) is 0 Å². The molecule has 0 heterocycles. The first kappa shape index (κ1) is 14.1. The SMILES string of the molecule is Cc1c(-c2ccccc2)cc(C(C)C)c(C(=O)O)c1O. The molecule has 0 aromatic heterocycles. The average Bonchev–Trinajstić information content (AvgIpc) is 2.41. The number of benzene rings is 2. The van der Waals surface area contributed by atoms with E-state index in [0.29, 0.717) is 11.1 Å². The molecule has 0 amide bonds. The molecule has 0 bridgehead atoms. The maximum atomic E-state index is 11.4. The smallest absolute Gasteiger partial charge is 0.339 e. The first-order valence-electron chi connectivity index (χ1n) is 6.58. The van der Waals surface area contributed by atoms with Gasteiger partial charge in [0.25, 0.3) is 0 Å². The van der Waals surface area contributed by atoms with Gasteiger partial charge in [-0.25, -0.2) is 4.79 Å². The number of hydrogen-bond acceptors (Lipinski definition) is 2. The molecule has 3 heteroatoms. The summed E-state index contributed by atoms with van der Waals surface area (Å²) in [6.07, 6.45) is 0. The summed E-state index contributed by atoms with van der Waals surface area (Å²) in [6, 6.07) is 11.5. The van der Waals surface area contributed by atoms with Crippen molar-refractivity contribution in [2.45, 2.75) is 26.7 Å². The number of aromatic hydroxyl groups is 1. The predicted molar refractivity (Wildman–Crippen MR) is 79.3 cm³/mol. The fourth-order valence-electron chi connectivity index (χ4n) is 2.39. The van der Waals surface area contributed by atoms with Gasteiger partial charge in [0.2, 0.25) is 0 Å². The highest BCUT2D eigenvalue weighted by Gasteiger charge is 2.22. The quantitative estimate of drug-likeness (QED) is 0.879. The molecule has 3 nitrogen and oxygen atoms in total. The van der Waals surface area contributed by atoms with Crippen LogP contribution in [0.2, 0.25) is 0 Å². The zero-order valence-electron chi connectivity index (χ0n) is 11.8. The normalized spacial score (nSPS) is 10.8. The summed E-state index contributed by atoms with van der Waals surface area (Å²) >= 11 is 0. The molecule has 0 aliphatic heterocycles. The largest absolute Gasteiger partial charge is 0.507 e. The highest BCUT2D eigenvalue weighted by atomic mass is 16.4. The van der Waals surface area contributed by atoms with Crippen molar-refractivity contribution in [1.29, 1.82) is 0 Å². The summed E-state index contributed by atoms with van der Waals surface area (Å²) in [7, 11) is 0. The molecule has 104 valence electrons. The van der Waals surface area contributed by atoms with Crippen LogP contribution in [-0.4, -0.2) is 16.2 Å². The molecular weight excluding hydrogens is 252 g/mol. The molecule has 2 aromatic rings. The summed E-state index contributed by atoms with van der Waals surface area (Å²) in [4.78, 5) is 11.4. The minimum absolute atomic E-state index is 0.0113. The van der Waals surface area contributed by atoms with Crippen LogP contribution in [0, 0.1) is 6.92 Å². The molecule has 0 aliphatic rings. The molecule has 2 aromatic carbocycles. The van der Waals surface area contributed by atoms with Crippen molar-refractivity contribution in [2.75, 3.05) is 0 Å². The Balaban J connectivity index is 2.76. The molecule has 0 saturated carbocycles. The van der Waals surface area contributed by atoms with E-state index in [0.717, 1.165) is 11.1 Å². The van der Waals surface area contributed by atoms with Gasteiger partial charge in [0.15, 0.2) is 0 Å². The van der Waals surface area contributed by atoms with Crippen molar-refractivity contribution in [3.63, 3.8) is 0 Å². The minimum Gasteiger partial charge on any atom is -0.507 e. The summed E-state index contributed by atoms with van der Waals surface area (Å²) in [5.74, 6) is -1.20. The maximum absolute atomic E-state index is 11.4. The minimum atomic E-state index is -1.09. The number of phenols is 1. The van der Waals surface area contributed by atoms with Gasteiger partial charge < -0.3 is 10.2 Å². The van der Waals surface area contributed by atoms with Crippen LogP contribution in [0.25, 0.3) is 11.1 Å². The van der Waals surface area contributed by atoms with Gasteiger partial charge in [-0.1, -0.05) is 44.2 Å². The van der Waals surface area contributed by atoms with Crippen LogP contribution in [0.4, 0.5) is 0 Å². The third-order valence-electron chi connectivity index (χ3n) is 3.51. The van der Waals surface area contributed by atoms with E-state index in [-0.39, 0.29) is 17.2 Å². The highest BCUT2D eigenvalue weighted by molar-refractivity contribution is 5.95. The van der Waals surface area contributed by atoms with Crippen LogP contribution >= 0.6 is 0 Å². The summed E-state index contributed by atoms with van der Waals surface area (Å²) in [6.45, 7) is 5.59. The standard InChI is InChI=1S/C17H18O3/c1-10(2)13-9-14(12-7-5-4-6-8-12)11(3)16(18)15(13)17(19)20/h4-10,18H,1-3H3,(H,19,20). The van der Waals surface area contributed by atoms with Gasteiger partial charge in [-0.3, -0.25) is 0 Å². The van der Waals surface area contributed by atoms with Crippen LogP contribution in [0.3, 0.4) is 0 Å². The van der Waals surface area contributed by atoms with Crippen molar-refractivity contribution in [3.8, 4) is 16.9 Å². The molecule has 20 heavy (non-hydrogen) atoms. The number of rotatable bonds is 3. The topological polar surface area (TPSA) is 57.5 Å². The lowest BCUT2D eigenvalue weighted by Crippen LogP contribution is -2.06. The van der Waals surface area contributed by atoms with E-state index in [1.165, 1.54) is 0 Å². The number of carboxylic acids is 1. The van der Waals surface area contributed by atoms with Gasteiger partial charge in [0.05, 0.1) is 0 Å². The van der Waals surface area contributed by atoms with Gasteiger partial charge in [-0.05, 0) is 41.2 Å². The van der Waals surface area contributed by atoms with E-state index in [9.17, 15) is 15.0 Å². The molecule has 0 atom stereocenters. The fraction of sp³-hybridized carbons (Fsp3) is 0.235. The second kappa shape index (κ2) is 5.37. The highest BCUT2D eigenvalue weighted by Crippen LogP contribution is 2.37. The van der Waals surface area contributed by atoms with E-state index in [1.807, 2.05) is 50.2 Å². The number of carboxylic acid groups (broad SMARTS) is 1. The average molecular weight is 270 g/mol. The Morgan fingerprint density at radius 3 is 2.25 bits per heavy atom. The molecule has 2 rings (SSSR count). The van der Waals surface area contributed by atoms with Gasteiger partial charge in [0, 0.05) is 0 Å². The molecule has 0 unspecified atom stereocenters. The second-order valence-electron chi connectivity index (χ2n) is 5.19. The summed E-state index contributed by atoms with van der Waals surface area (Å²) in [5, 5.41) is 19.6. The van der Waals surface area contributed by atoms with Crippen LogP contribution < -0.4 is 0 Å². The fourth-order valence-corrected chi connectivity index (χ4v) is 2.39. The van der Waals surface area contributed by atoms with Crippen LogP contribution in [0.1, 0.15) is 41.3 Å². The first-order chi connectivity index (χ1) is 9.43. The molecule has 0 spiro atoms. The zero-order valence-corrected chi connectivity index (χ0v) is 11.8. The third-order valence-corrected chi connectivity index (χ3v) is 3.51. The van der Waals surface area contributed by atoms with Crippen molar-refractivity contribution in [3.05, 3.63) is 53.1 Å². The van der Waals surface area contributed by atoms with E-state index in [2.05, 4.69) is 0 Å². The Morgan fingerprint density at radius 1 is 1.15 bits per heavy atom. The molecule has 0 saturated heterocycles. The molecule has 0 radical (unpaired) electrons. The summed E-state index contributed by atoms with van der Waals surface area (Å²) in [5.41, 5.74) is 3.10. The van der Waals surface area contributed by atoms with Crippen LogP contribution in [-0.2, 0) is 0 Å². The zero-order chi connectivity index (χ0) is 14.9. The van der Waals surface area contributed by atoms with Gasteiger partial charge in [0.1, 0.15) is 11.3 Å². The Morgan fingerprint density at radius 2 is 1.75 bits per heavy atom. The number of aromatic carboxylic acids is 1. The summed E-state index contributed by atoms with van der Waals surface area (Å²) < 4.78 is 0. The lowest BCUT2D eigenvalue weighted by atomic mass is 9.88. The van der Waals surface area contributed by atoms with E-state index >= 15 is 0 Å². The van der Waals surface area contributed by atoms with Gasteiger partial charge >= 0.3 is 5.97 Å². The Bertz CT molecular complexity index is 643. The Hall–Kier alpha value is -2.29. The van der Waals surface area contributed by atoms with Crippen molar-refractivity contribution < 1.29 is 15.0 Å². The van der Waals surface area contributed by atoms with Gasteiger partial charge in [-0.2, -0.15) is 0 Å². The number of hydrogen-bond donors (Lipinski definition) is 2. The Labute approximate surface area is 118 Å². The lowest BCUT2D eigenvalue weighted by molar-refractivity contribution is 0.0692. The van der Waals surface area contributed by atoms with Crippen LogP contribution in [0.15, 0.2) is 36.4 Å². The van der Waals surface area contributed by atoms with E-state index in [4.69, 9.17) is 0 Å². The Kier molecular flexibility index (Phi) is 3.79. The molecular formula is C17H18O3. The molecule has 2 N–H and O–H groups in total. The van der Waals surface area contributed by atoms with E-state index in [1.54, 1.807) is 6.92 Å². The molecule has 0 fully saturated rings. The van der Waals surface area contributed by atoms with Crippen molar-refractivity contribution >= 4 is 5.97 Å². The van der Waals surface area contributed by atoms with Crippen LogP contribution in [0.5, 0.6) is 5.75 Å². The van der Waals surface area contributed by atoms with E-state index < -0.39 is 5.97 Å². The predicted octanol–water partition coefficient (Wildman–Crippen LogP) is 4.19. The first-order valence-corrected chi connectivity index (χ1v) is 6.58. The second-order valence-corrected chi connectivity index (χ2v) is 5.19. The molecule has 0 aliphatic carbocycles. The lowest BCUT2D eigenvalue weighted by Gasteiger charge is -2.17. The van der Waals surface area contributed by atoms with Crippen molar-refractivity contribution in [1.82, 2.24) is 0 Å². The maximum Gasteiger partial charge on any atom is 0.339 e. The monoisotopic (exact) mass is 270 g/mol.